The van der Waals surface area contributed by atoms with E-state index < -0.39 is 34.7 Å². The maximum absolute atomic E-state index is 11.8. The van der Waals surface area contributed by atoms with Crippen LogP contribution in [0.25, 0.3) is 0 Å². The van der Waals surface area contributed by atoms with E-state index in [0.29, 0.717) is 6.42 Å². The van der Waals surface area contributed by atoms with Crippen LogP contribution in [0.2, 0.25) is 0 Å². The van der Waals surface area contributed by atoms with E-state index in [4.69, 9.17) is 34.3 Å². The summed E-state index contributed by atoms with van der Waals surface area (Å²) >= 11 is 0. The van der Waals surface area contributed by atoms with E-state index in [-0.39, 0.29) is 68.5 Å². The Morgan fingerprint density at radius 3 is 0.842 bits per heavy atom. The van der Waals surface area contributed by atoms with E-state index in [1.54, 1.807) is 0 Å². The van der Waals surface area contributed by atoms with Gasteiger partial charge in [0.05, 0.1) is 19.8 Å². The molecule has 0 atom stereocenters. The molecule has 0 aliphatic rings. The summed E-state index contributed by atoms with van der Waals surface area (Å²) in [6, 6.07) is 0. The first-order chi connectivity index (χ1) is 17.6. The summed E-state index contributed by atoms with van der Waals surface area (Å²) in [6.07, 6.45) is 0.594. The van der Waals surface area contributed by atoms with E-state index in [1.807, 2.05) is 6.92 Å². The van der Waals surface area contributed by atoms with Crippen LogP contribution in [-0.4, -0.2) is 85.4 Å². The lowest BCUT2D eigenvalue weighted by molar-refractivity contribution is -0.165. The van der Waals surface area contributed by atoms with Crippen LogP contribution in [0.1, 0.15) is 41.0 Å². The van der Waals surface area contributed by atoms with Gasteiger partial charge in [0.15, 0.2) is 0 Å². The summed E-state index contributed by atoms with van der Waals surface area (Å²) in [6.45, 7) is 19.6. The van der Waals surface area contributed by atoms with Crippen molar-refractivity contribution in [1.82, 2.24) is 0 Å². The molecule has 0 aromatic carbocycles. The fraction of sp³-hybridized carbons (Fsp3) is 0.556. The molecule has 3 N–H and O–H groups in total. The Hall–Kier alpha value is -3.28. The average molecular weight is 543 g/mol. The van der Waals surface area contributed by atoms with Crippen molar-refractivity contribution < 1.29 is 53.4 Å². The van der Waals surface area contributed by atoms with Gasteiger partial charge in [-0.15, -0.1) is 0 Å². The van der Waals surface area contributed by atoms with Gasteiger partial charge in [-0.25, -0.2) is 19.2 Å². The maximum atomic E-state index is 11.8. The van der Waals surface area contributed by atoms with Crippen LogP contribution in [0, 0.1) is 10.8 Å². The van der Waals surface area contributed by atoms with Crippen molar-refractivity contribution in [2.24, 2.45) is 10.8 Å². The van der Waals surface area contributed by atoms with Gasteiger partial charge in [0.2, 0.25) is 0 Å². The second-order valence-electron chi connectivity index (χ2n) is 9.25. The zero-order valence-corrected chi connectivity index (χ0v) is 23.1. The molecule has 0 radical (unpaired) electrons. The third kappa shape index (κ3) is 13.9. The number of ether oxygens (including phenoxy) is 4. The van der Waals surface area contributed by atoms with Gasteiger partial charge in [-0.3, -0.25) is 0 Å². The average Bonchev–Trinajstić information content (AvgIpc) is 2.88. The molecule has 0 saturated heterocycles. The van der Waals surface area contributed by atoms with Gasteiger partial charge in [0, 0.05) is 27.7 Å². The highest BCUT2D eigenvalue weighted by molar-refractivity contribution is 5.88. The molecule has 0 unspecified atom stereocenters. The number of carbonyl (C=O) groups excluding carboxylic acids is 4. The number of esters is 4. The zero-order chi connectivity index (χ0) is 30.1. The Bertz CT molecular complexity index is 738. The molecule has 38 heavy (non-hydrogen) atoms. The molecular formula is C27H42O11. The van der Waals surface area contributed by atoms with Crippen LogP contribution in [0.5, 0.6) is 0 Å². The van der Waals surface area contributed by atoms with Crippen molar-refractivity contribution >= 4 is 23.9 Å². The van der Waals surface area contributed by atoms with E-state index in [1.165, 1.54) is 27.7 Å². The topological polar surface area (TPSA) is 166 Å². The normalized spacial score (nSPS) is 10.7. The smallest absolute Gasteiger partial charge is 0.333 e. The first-order valence-electron chi connectivity index (χ1n) is 11.7. The van der Waals surface area contributed by atoms with Crippen molar-refractivity contribution in [1.29, 1.82) is 0 Å². The van der Waals surface area contributed by atoms with Gasteiger partial charge < -0.3 is 34.3 Å². The fourth-order valence-corrected chi connectivity index (χ4v) is 2.10. The largest absolute Gasteiger partial charge is 0.461 e. The predicted octanol–water partition coefficient (Wildman–Crippen LogP) is 1.81. The number of carbonyl (C=O) groups is 4. The van der Waals surface area contributed by atoms with Crippen molar-refractivity contribution in [3.63, 3.8) is 0 Å². The maximum Gasteiger partial charge on any atom is 0.333 e. The van der Waals surface area contributed by atoms with E-state index in [9.17, 15) is 19.2 Å². The van der Waals surface area contributed by atoms with Gasteiger partial charge in [-0.2, -0.15) is 0 Å². The van der Waals surface area contributed by atoms with Gasteiger partial charge in [-0.1, -0.05) is 33.2 Å². The molecule has 0 amide bonds. The molecule has 0 aromatic rings. The second-order valence-corrected chi connectivity index (χ2v) is 9.25. The van der Waals surface area contributed by atoms with Crippen molar-refractivity contribution in [2.75, 3.05) is 46.2 Å². The van der Waals surface area contributed by atoms with Crippen LogP contribution >= 0.6 is 0 Å². The summed E-state index contributed by atoms with van der Waals surface area (Å²) in [5.74, 6) is -2.84. The third-order valence-electron chi connectivity index (χ3n) is 5.19. The minimum Gasteiger partial charge on any atom is -0.461 e. The molecule has 0 spiro atoms. The lowest BCUT2D eigenvalue weighted by Crippen LogP contribution is -2.44. The molecule has 11 heteroatoms. The highest BCUT2D eigenvalue weighted by Gasteiger charge is 2.38. The van der Waals surface area contributed by atoms with E-state index in [0.717, 1.165) is 0 Å². The molecule has 0 aliphatic carbocycles. The van der Waals surface area contributed by atoms with Crippen LogP contribution in [0.4, 0.5) is 0 Å². The summed E-state index contributed by atoms with van der Waals surface area (Å²) in [5, 5.41) is 26.0. The monoisotopic (exact) mass is 542 g/mol. The highest BCUT2D eigenvalue weighted by atomic mass is 16.6. The number of rotatable bonds is 16. The summed E-state index contributed by atoms with van der Waals surface area (Å²) in [5.41, 5.74) is -1.50. The summed E-state index contributed by atoms with van der Waals surface area (Å²) in [4.78, 5) is 47.4. The third-order valence-corrected chi connectivity index (χ3v) is 5.19. The SMILES string of the molecule is C=C(C)C(=O)OCC(COC(=O)C(=C)C)(COC(=O)C(=C)C)COC(=O)C(=C)C.CCC(CO)(CO)CO. The lowest BCUT2D eigenvalue weighted by atomic mass is 9.88. The second kappa shape index (κ2) is 18.1. The summed E-state index contributed by atoms with van der Waals surface area (Å²) in [7, 11) is 0. The number of hydrogen-bond acceptors (Lipinski definition) is 11. The molecule has 0 bridgehead atoms. The minimum atomic E-state index is -1.37. The Balaban J connectivity index is 0. The van der Waals surface area contributed by atoms with Crippen molar-refractivity contribution in [2.45, 2.75) is 41.0 Å². The molecular weight excluding hydrogens is 500 g/mol. The van der Waals surface area contributed by atoms with Gasteiger partial charge in [0.1, 0.15) is 31.8 Å². The van der Waals surface area contributed by atoms with Gasteiger partial charge >= 0.3 is 23.9 Å². The number of aliphatic hydroxyl groups excluding tert-OH is 3. The summed E-state index contributed by atoms with van der Waals surface area (Å²) < 4.78 is 20.7. The Morgan fingerprint density at radius 2 is 0.737 bits per heavy atom. The van der Waals surface area contributed by atoms with Crippen LogP contribution in [0.3, 0.4) is 0 Å². The van der Waals surface area contributed by atoms with Gasteiger partial charge in [0.25, 0.3) is 0 Å². The number of hydrogen-bond donors (Lipinski definition) is 3. The van der Waals surface area contributed by atoms with E-state index >= 15 is 0 Å². The molecule has 216 valence electrons. The highest BCUT2D eigenvalue weighted by Crippen LogP contribution is 2.23. The molecule has 0 heterocycles. The lowest BCUT2D eigenvalue weighted by Gasteiger charge is -2.31. The fourth-order valence-electron chi connectivity index (χ4n) is 2.10. The Labute approximate surface area is 224 Å². The molecule has 0 aliphatic heterocycles. The molecule has 0 saturated carbocycles. The first-order valence-corrected chi connectivity index (χ1v) is 11.7. The Morgan fingerprint density at radius 1 is 0.526 bits per heavy atom. The number of aliphatic hydroxyl groups is 3. The van der Waals surface area contributed by atoms with E-state index in [2.05, 4.69) is 26.3 Å². The quantitative estimate of drug-likeness (QED) is 0.148. The van der Waals surface area contributed by atoms with Crippen molar-refractivity contribution in [3.8, 4) is 0 Å². The predicted molar refractivity (Wildman–Crippen MR) is 140 cm³/mol. The Kier molecular flexibility index (Phi) is 17.5. The zero-order valence-electron chi connectivity index (χ0n) is 23.1. The van der Waals surface area contributed by atoms with Crippen LogP contribution < -0.4 is 0 Å². The molecule has 0 rings (SSSR count). The first kappa shape index (κ1) is 36.9. The molecule has 0 aromatic heterocycles. The standard InChI is InChI=1S/C21H28O8.C6H14O3/c1-13(2)17(22)26-9-21(10-27-18(23)14(3)4,11-28-19(24)15(5)6)12-29-20(25)16(7)8;1-2-6(3-7,4-8)5-9/h1,3,5,7,9-12H2,2,4,6,8H3;7-9H,2-5H2,1H3. The minimum absolute atomic E-state index is 0.135. The van der Waals surface area contributed by atoms with Gasteiger partial charge in [-0.05, 0) is 34.1 Å². The molecule has 11 nitrogen and oxygen atoms in total. The molecule has 0 fully saturated rings. The van der Waals surface area contributed by atoms with Crippen LogP contribution in [-0.2, 0) is 38.1 Å². The van der Waals surface area contributed by atoms with Crippen molar-refractivity contribution in [3.05, 3.63) is 48.6 Å². The van der Waals surface area contributed by atoms with Crippen LogP contribution in [0.15, 0.2) is 48.6 Å².